The fourth-order valence-electron chi connectivity index (χ4n) is 3.72. The number of likely N-dealkylation sites (tertiary alicyclic amines) is 1. The zero-order valence-corrected chi connectivity index (χ0v) is 11.3. The fourth-order valence-corrected chi connectivity index (χ4v) is 3.72. The molecule has 17 heavy (non-hydrogen) atoms. The summed E-state index contributed by atoms with van der Waals surface area (Å²) in [5, 5.41) is 0. The van der Waals surface area contributed by atoms with Crippen molar-refractivity contribution >= 4 is 0 Å². The van der Waals surface area contributed by atoms with Gasteiger partial charge in [0.15, 0.2) is 0 Å². The zero-order valence-electron chi connectivity index (χ0n) is 11.3. The first-order chi connectivity index (χ1) is 8.25. The molecule has 0 radical (unpaired) electrons. The standard InChI is InChI=1S/C14H26N2O/c1-15(2)14-10-16(9-13(14)11-3-4-11)12-5-7-17-8-6-12/h11-14H,3-10H2,1-2H3. The molecule has 0 N–H and O–H groups in total. The van der Waals surface area contributed by atoms with Crippen LogP contribution in [0.4, 0.5) is 0 Å². The molecule has 98 valence electrons. The van der Waals surface area contributed by atoms with Crippen LogP contribution in [0.1, 0.15) is 25.7 Å². The summed E-state index contributed by atoms with van der Waals surface area (Å²) in [5.74, 6) is 1.97. The van der Waals surface area contributed by atoms with Gasteiger partial charge in [-0.1, -0.05) is 0 Å². The summed E-state index contributed by atoms with van der Waals surface area (Å²) in [6, 6.07) is 1.60. The van der Waals surface area contributed by atoms with E-state index in [-0.39, 0.29) is 0 Å². The van der Waals surface area contributed by atoms with Gasteiger partial charge in [0.25, 0.3) is 0 Å². The van der Waals surface area contributed by atoms with E-state index in [2.05, 4.69) is 23.9 Å². The number of likely N-dealkylation sites (N-methyl/N-ethyl adjacent to an activating group) is 1. The quantitative estimate of drug-likeness (QED) is 0.740. The van der Waals surface area contributed by atoms with E-state index in [1.54, 1.807) is 0 Å². The van der Waals surface area contributed by atoms with Crippen LogP contribution in [0.5, 0.6) is 0 Å². The van der Waals surface area contributed by atoms with Crippen molar-refractivity contribution in [1.82, 2.24) is 9.80 Å². The van der Waals surface area contributed by atoms with Gasteiger partial charge in [0.1, 0.15) is 0 Å². The average molecular weight is 238 g/mol. The lowest BCUT2D eigenvalue weighted by Crippen LogP contribution is -2.40. The molecule has 3 fully saturated rings. The Hall–Kier alpha value is -0.120. The second kappa shape index (κ2) is 4.87. The maximum absolute atomic E-state index is 5.48. The Morgan fingerprint density at radius 2 is 1.71 bits per heavy atom. The third-order valence-electron chi connectivity index (χ3n) is 4.96. The Labute approximate surface area is 105 Å². The summed E-state index contributed by atoms with van der Waals surface area (Å²) in [7, 11) is 4.51. The minimum atomic E-state index is 0.797. The van der Waals surface area contributed by atoms with Gasteiger partial charge in [0, 0.05) is 38.4 Å². The van der Waals surface area contributed by atoms with Crippen molar-refractivity contribution < 1.29 is 4.74 Å². The SMILES string of the molecule is CN(C)C1CN(C2CCOCC2)CC1C1CC1. The Balaban J connectivity index is 1.63. The molecule has 0 aromatic carbocycles. The number of hydrogen-bond donors (Lipinski definition) is 0. The Bertz CT molecular complexity index is 249. The number of ether oxygens (including phenoxy) is 1. The predicted molar refractivity (Wildman–Crippen MR) is 69.1 cm³/mol. The second-order valence-corrected chi connectivity index (χ2v) is 6.33. The molecule has 1 aliphatic carbocycles. The first-order valence-corrected chi connectivity index (χ1v) is 7.24. The smallest absolute Gasteiger partial charge is 0.0480 e. The molecule has 0 spiro atoms. The lowest BCUT2D eigenvalue weighted by Gasteiger charge is -2.31. The van der Waals surface area contributed by atoms with Crippen LogP contribution in [-0.4, -0.2) is 62.3 Å². The van der Waals surface area contributed by atoms with Gasteiger partial charge in [-0.15, -0.1) is 0 Å². The highest BCUT2D eigenvalue weighted by Crippen LogP contribution is 2.43. The van der Waals surface area contributed by atoms with Crippen LogP contribution in [0.3, 0.4) is 0 Å². The first-order valence-electron chi connectivity index (χ1n) is 7.24. The van der Waals surface area contributed by atoms with E-state index in [0.29, 0.717) is 0 Å². The van der Waals surface area contributed by atoms with E-state index < -0.39 is 0 Å². The van der Waals surface area contributed by atoms with Gasteiger partial charge < -0.3 is 9.64 Å². The molecule has 3 rings (SSSR count). The van der Waals surface area contributed by atoms with Crippen LogP contribution in [0.15, 0.2) is 0 Å². The molecule has 0 bridgehead atoms. The molecule has 3 nitrogen and oxygen atoms in total. The van der Waals surface area contributed by atoms with Crippen LogP contribution < -0.4 is 0 Å². The van der Waals surface area contributed by atoms with E-state index in [1.165, 1.54) is 38.8 Å². The third kappa shape index (κ3) is 2.51. The van der Waals surface area contributed by atoms with Crippen LogP contribution in [0, 0.1) is 11.8 Å². The predicted octanol–water partition coefficient (Wildman–Crippen LogP) is 1.44. The molecule has 0 aromatic heterocycles. The van der Waals surface area contributed by atoms with Gasteiger partial charge in [0.2, 0.25) is 0 Å². The molecule has 0 aromatic rings. The molecule has 1 saturated carbocycles. The normalized spacial score (nSPS) is 36.9. The first kappa shape index (κ1) is 11.9. The lowest BCUT2D eigenvalue weighted by molar-refractivity contribution is 0.0397. The topological polar surface area (TPSA) is 15.7 Å². The maximum Gasteiger partial charge on any atom is 0.0480 e. The highest BCUT2D eigenvalue weighted by Gasteiger charge is 2.44. The minimum Gasteiger partial charge on any atom is -0.381 e. The summed E-state index contributed by atoms with van der Waals surface area (Å²) >= 11 is 0. The average Bonchev–Trinajstić information content (AvgIpc) is 3.09. The summed E-state index contributed by atoms with van der Waals surface area (Å²) in [6.45, 7) is 4.58. The molecule has 3 aliphatic rings. The molecular formula is C14H26N2O. The molecule has 2 saturated heterocycles. The van der Waals surface area contributed by atoms with E-state index in [4.69, 9.17) is 4.74 Å². The number of nitrogens with zero attached hydrogens (tertiary/aromatic N) is 2. The van der Waals surface area contributed by atoms with Crippen LogP contribution >= 0.6 is 0 Å². The summed E-state index contributed by atoms with van der Waals surface area (Å²) < 4.78 is 5.48. The van der Waals surface area contributed by atoms with Crippen molar-refractivity contribution in [3.63, 3.8) is 0 Å². The second-order valence-electron chi connectivity index (χ2n) is 6.33. The molecular weight excluding hydrogens is 212 g/mol. The van der Waals surface area contributed by atoms with Crippen molar-refractivity contribution in [3.8, 4) is 0 Å². The fraction of sp³-hybridized carbons (Fsp3) is 1.00. The van der Waals surface area contributed by atoms with Crippen molar-refractivity contribution in [2.24, 2.45) is 11.8 Å². The highest BCUT2D eigenvalue weighted by molar-refractivity contribution is 4.98. The van der Waals surface area contributed by atoms with E-state index in [0.717, 1.165) is 37.1 Å². The van der Waals surface area contributed by atoms with Crippen molar-refractivity contribution in [2.75, 3.05) is 40.4 Å². The monoisotopic (exact) mass is 238 g/mol. The maximum atomic E-state index is 5.48. The van der Waals surface area contributed by atoms with Gasteiger partial charge in [-0.3, -0.25) is 4.90 Å². The largest absolute Gasteiger partial charge is 0.381 e. The van der Waals surface area contributed by atoms with Gasteiger partial charge >= 0.3 is 0 Å². The Morgan fingerprint density at radius 3 is 2.29 bits per heavy atom. The Kier molecular flexibility index (Phi) is 3.42. The third-order valence-corrected chi connectivity index (χ3v) is 4.96. The zero-order chi connectivity index (χ0) is 11.8. The molecule has 3 heteroatoms. The van der Waals surface area contributed by atoms with Gasteiger partial charge in [-0.25, -0.2) is 0 Å². The summed E-state index contributed by atoms with van der Waals surface area (Å²) in [6.07, 6.45) is 5.46. The minimum absolute atomic E-state index is 0.797. The molecule has 0 amide bonds. The van der Waals surface area contributed by atoms with Crippen molar-refractivity contribution in [2.45, 2.75) is 37.8 Å². The van der Waals surface area contributed by atoms with Crippen molar-refractivity contribution in [1.29, 1.82) is 0 Å². The summed E-state index contributed by atoms with van der Waals surface area (Å²) in [5.41, 5.74) is 0. The van der Waals surface area contributed by atoms with Crippen LogP contribution in [0.25, 0.3) is 0 Å². The van der Waals surface area contributed by atoms with Crippen LogP contribution in [-0.2, 0) is 4.74 Å². The summed E-state index contributed by atoms with van der Waals surface area (Å²) in [4.78, 5) is 5.22. The van der Waals surface area contributed by atoms with E-state index >= 15 is 0 Å². The lowest BCUT2D eigenvalue weighted by atomic mass is 9.97. The number of hydrogen-bond acceptors (Lipinski definition) is 3. The molecule has 2 heterocycles. The highest BCUT2D eigenvalue weighted by atomic mass is 16.5. The molecule has 2 aliphatic heterocycles. The Morgan fingerprint density at radius 1 is 1.00 bits per heavy atom. The molecule has 2 unspecified atom stereocenters. The van der Waals surface area contributed by atoms with Crippen LogP contribution in [0.2, 0.25) is 0 Å². The van der Waals surface area contributed by atoms with Crippen molar-refractivity contribution in [3.05, 3.63) is 0 Å². The van der Waals surface area contributed by atoms with E-state index in [9.17, 15) is 0 Å². The number of rotatable bonds is 3. The van der Waals surface area contributed by atoms with Gasteiger partial charge in [0.05, 0.1) is 0 Å². The molecule has 2 atom stereocenters. The van der Waals surface area contributed by atoms with E-state index in [1.807, 2.05) is 0 Å². The van der Waals surface area contributed by atoms with Gasteiger partial charge in [-0.05, 0) is 51.6 Å². The van der Waals surface area contributed by atoms with Gasteiger partial charge in [-0.2, -0.15) is 0 Å².